The van der Waals surface area contributed by atoms with Crippen LogP contribution in [0.1, 0.15) is 30.6 Å². The first kappa shape index (κ1) is 8.57. The predicted octanol–water partition coefficient (Wildman–Crippen LogP) is 2.35. The van der Waals surface area contributed by atoms with Gasteiger partial charge < -0.3 is 10.2 Å². The van der Waals surface area contributed by atoms with Crippen molar-refractivity contribution in [3.8, 4) is 0 Å². The molecule has 1 aliphatic carbocycles. The minimum absolute atomic E-state index is 0.733. The number of hydrogen-bond donors (Lipinski definition) is 1. The Hall–Kier alpha value is -1.02. The van der Waals surface area contributed by atoms with Crippen LogP contribution in [0, 0.1) is 0 Å². The zero-order valence-corrected chi connectivity index (χ0v) is 7.75. The summed E-state index contributed by atoms with van der Waals surface area (Å²) in [6, 6.07) is 2.07. The fourth-order valence-corrected chi connectivity index (χ4v) is 1.86. The molecule has 0 saturated carbocycles. The summed E-state index contributed by atoms with van der Waals surface area (Å²) in [5, 5.41) is 0. The SMILES string of the molecule is NCC/C=C1/CCCc2occc21. The van der Waals surface area contributed by atoms with Crippen LogP contribution in [0.3, 0.4) is 0 Å². The third-order valence-corrected chi connectivity index (χ3v) is 2.50. The zero-order chi connectivity index (χ0) is 9.10. The molecule has 2 heteroatoms. The number of fused-ring (bicyclic) bond motifs is 1. The predicted molar refractivity (Wildman–Crippen MR) is 53.3 cm³/mol. The minimum Gasteiger partial charge on any atom is -0.469 e. The van der Waals surface area contributed by atoms with Crippen LogP contribution >= 0.6 is 0 Å². The van der Waals surface area contributed by atoms with E-state index < -0.39 is 0 Å². The quantitative estimate of drug-likeness (QED) is 0.753. The van der Waals surface area contributed by atoms with Crippen molar-refractivity contribution in [2.24, 2.45) is 5.73 Å². The fourth-order valence-electron chi connectivity index (χ4n) is 1.86. The van der Waals surface area contributed by atoms with Crippen molar-refractivity contribution >= 4 is 5.57 Å². The summed E-state index contributed by atoms with van der Waals surface area (Å²) in [5.74, 6) is 1.15. The highest BCUT2D eigenvalue weighted by molar-refractivity contribution is 5.68. The van der Waals surface area contributed by atoms with E-state index in [0.29, 0.717) is 0 Å². The summed E-state index contributed by atoms with van der Waals surface area (Å²) in [7, 11) is 0. The van der Waals surface area contributed by atoms with Gasteiger partial charge in [-0.05, 0) is 37.4 Å². The normalized spacial score (nSPS) is 19.0. The first-order chi connectivity index (χ1) is 6.42. The van der Waals surface area contributed by atoms with E-state index in [-0.39, 0.29) is 0 Å². The van der Waals surface area contributed by atoms with Crippen LogP contribution in [-0.2, 0) is 6.42 Å². The number of furan rings is 1. The third kappa shape index (κ3) is 1.68. The maximum absolute atomic E-state index is 5.47. The fraction of sp³-hybridized carbons (Fsp3) is 0.455. The Morgan fingerprint density at radius 2 is 2.38 bits per heavy atom. The first-order valence-electron chi connectivity index (χ1n) is 4.87. The van der Waals surface area contributed by atoms with Crippen LogP contribution in [0.25, 0.3) is 5.57 Å². The van der Waals surface area contributed by atoms with Crippen molar-refractivity contribution in [1.82, 2.24) is 0 Å². The van der Waals surface area contributed by atoms with E-state index in [0.717, 1.165) is 25.1 Å². The van der Waals surface area contributed by atoms with Crippen molar-refractivity contribution < 1.29 is 4.42 Å². The van der Waals surface area contributed by atoms with Crippen LogP contribution in [0.5, 0.6) is 0 Å². The van der Waals surface area contributed by atoms with Gasteiger partial charge in [0.25, 0.3) is 0 Å². The van der Waals surface area contributed by atoms with E-state index in [1.807, 2.05) is 0 Å². The van der Waals surface area contributed by atoms with E-state index in [2.05, 4.69) is 12.1 Å². The lowest BCUT2D eigenvalue weighted by atomic mass is 9.92. The maximum atomic E-state index is 5.47. The van der Waals surface area contributed by atoms with Gasteiger partial charge in [-0.15, -0.1) is 0 Å². The summed E-state index contributed by atoms with van der Waals surface area (Å²) in [5.41, 5.74) is 8.20. The molecule has 70 valence electrons. The molecule has 0 aromatic carbocycles. The molecule has 0 fully saturated rings. The van der Waals surface area contributed by atoms with Crippen molar-refractivity contribution in [1.29, 1.82) is 0 Å². The highest BCUT2D eigenvalue weighted by Gasteiger charge is 2.15. The third-order valence-electron chi connectivity index (χ3n) is 2.50. The molecule has 0 unspecified atom stereocenters. The Morgan fingerprint density at radius 1 is 1.46 bits per heavy atom. The lowest BCUT2D eigenvalue weighted by Crippen LogP contribution is -2.00. The average molecular weight is 177 g/mol. The van der Waals surface area contributed by atoms with E-state index >= 15 is 0 Å². The van der Waals surface area contributed by atoms with Crippen molar-refractivity contribution in [3.05, 3.63) is 29.7 Å². The number of rotatable bonds is 2. The summed E-state index contributed by atoms with van der Waals surface area (Å²) in [4.78, 5) is 0. The monoisotopic (exact) mass is 177 g/mol. The number of aryl methyl sites for hydroxylation is 1. The second-order valence-corrected chi connectivity index (χ2v) is 3.42. The van der Waals surface area contributed by atoms with Crippen LogP contribution < -0.4 is 5.73 Å². The second-order valence-electron chi connectivity index (χ2n) is 3.42. The van der Waals surface area contributed by atoms with Crippen LogP contribution in [-0.4, -0.2) is 6.54 Å². The molecule has 0 amide bonds. The zero-order valence-electron chi connectivity index (χ0n) is 7.75. The average Bonchev–Trinajstić information content (AvgIpc) is 2.62. The van der Waals surface area contributed by atoms with Crippen molar-refractivity contribution in [2.75, 3.05) is 6.54 Å². The van der Waals surface area contributed by atoms with Gasteiger partial charge in [-0.3, -0.25) is 0 Å². The molecule has 2 N–H and O–H groups in total. The van der Waals surface area contributed by atoms with Crippen molar-refractivity contribution in [2.45, 2.75) is 25.7 Å². The molecule has 2 nitrogen and oxygen atoms in total. The molecular formula is C11H15NO. The van der Waals surface area contributed by atoms with Crippen LogP contribution in [0.4, 0.5) is 0 Å². The highest BCUT2D eigenvalue weighted by atomic mass is 16.3. The Kier molecular flexibility index (Phi) is 2.50. The summed E-state index contributed by atoms with van der Waals surface area (Å²) in [6.07, 6.45) is 8.46. The second kappa shape index (κ2) is 3.79. The molecule has 0 saturated heterocycles. The van der Waals surface area contributed by atoms with Gasteiger partial charge in [0.1, 0.15) is 5.76 Å². The molecule has 0 spiro atoms. The van der Waals surface area contributed by atoms with Gasteiger partial charge in [0.05, 0.1) is 6.26 Å². The number of hydrogen-bond acceptors (Lipinski definition) is 2. The van der Waals surface area contributed by atoms with Gasteiger partial charge in [-0.1, -0.05) is 6.08 Å². The minimum atomic E-state index is 0.733. The first-order valence-corrected chi connectivity index (χ1v) is 4.87. The molecule has 2 rings (SSSR count). The van der Waals surface area contributed by atoms with Crippen LogP contribution in [0.15, 0.2) is 22.8 Å². The molecular weight excluding hydrogens is 162 g/mol. The Balaban J connectivity index is 2.25. The lowest BCUT2D eigenvalue weighted by Gasteiger charge is -2.13. The summed E-state index contributed by atoms with van der Waals surface area (Å²) < 4.78 is 5.39. The molecule has 0 bridgehead atoms. The Morgan fingerprint density at radius 3 is 3.23 bits per heavy atom. The largest absolute Gasteiger partial charge is 0.469 e. The van der Waals surface area contributed by atoms with E-state index in [9.17, 15) is 0 Å². The van der Waals surface area contributed by atoms with E-state index in [4.69, 9.17) is 10.2 Å². The molecule has 0 radical (unpaired) electrons. The van der Waals surface area contributed by atoms with Crippen LogP contribution in [0.2, 0.25) is 0 Å². The lowest BCUT2D eigenvalue weighted by molar-refractivity contribution is 0.496. The molecule has 1 aromatic heterocycles. The molecule has 0 atom stereocenters. The highest BCUT2D eigenvalue weighted by Crippen LogP contribution is 2.31. The number of allylic oxidation sites excluding steroid dienone is 1. The number of nitrogens with two attached hydrogens (primary N) is 1. The molecule has 1 aliphatic rings. The van der Waals surface area contributed by atoms with Gasteiger partial charge in [0.15, 0.2) is 0 Å². The van der Waals surface area contributed by atoms with Gasteiger partial charge in [-0.2, -0.15) is 0 Å². The van der Waals surface area contributed by atoms with E-state index in [1.54, 1.807) is 6.26 Å². The molecule has 1 heterocycles. The molecule has 1 aromatic rings. The molecule has 0 aliphatic heterocycles. The summed E-state index contributed by atoms with van der Waals surface area (Å²) in [6.45, 7) is 0.733. The van der Waals surface area contributed by atoms with E-state index in [1.165, 1.54) is 24.0 Å². The van der Waals surface area contributed by atoms with Gasteiger partial charge in [0.2, 0.25) is 0 Å². The van der Waals surface area contributed by atoms with Gasteiger partial charge in [0, 0.05) is 12.0 Å². The molecule has 13 heavy (non-hydrogen) atoms. The van der Waals surface area contributed by atoms with Gasteiger partial charge in [-0.25, -0.2) is 0 Å². The Bertz CT molecular complexity index is 312. The van der Waals surface area contributed by atoms with Crippen molar-refractivity contribution in [3.63, 3.8) is 0 Å². The standard InChI is InChI=1S/C11H15NO/c12-7-2-4-9-3-1-5-11-10(9)6-8-13-11/h4,6,8H,1-3,5,7,12H2/b9-4-. The smallest absolute Gasteiger partial charge is 0.111 e. The Labute approximate surface area is 78.4 Å². The summed E-state index contributed by atoms with van der Waals surface area (Å²) >= 11 is 0. The maximum Gasteiger partial charge on any atom is 0.111 e. The topological polar surface area (TPSA) is 39.2 Å². The van der Waals surface area contributed by atoms with Gasteiger partial charge >= 0.3 is 0 Å².